The molecule has 0 radical (unpaired) electrons. The first-order valence-corrected chi connectivity index (χ1v) is 10.4. The fourth-order valence-corrected chi connectivity index (χ4v) is 4.04. The predicted molar refractivity (Wildman–Crippen MR) is 113 cm³/mol. The zero-order valence-electron chi connectivity index (χ0n) is 15.6. The number of nitrogens with one attached hydrogen (secondary N) is 1. The summed E-state index contributed by atoms with van der Waals surface area (Å²) in [7, 11) is 3.27. The van der Waals surface area contributed by atoms with E-state index in [1.807, 2.05) is 0 Å². The molecule has 0 unspecified atom stereocenters. The van der Waals surface area contributed by atoms with Crippen molar-refractivity contribution < 1.29 is 9.18 Å². The maximum Gasteiger partial charge on any atom is 0.344 e. The molecule has 0 fully saturated rings. The molecule has 152 valence electrons. The molecule has 2 aromatic heterocycles. The minimum absolute atomic E-state index is 0.0108. The highest BCUT2D eigenvalue weighted by Gasteiger charge is 2.28. The first kappa shape index (κ1) is 20.5. The first-order chi connectivity index (χ1) is 13.8. The molecule has 0 aliphatic carbocycles. The lowest BCUT2D eigenvalue weighted by Crippen LogP contribution is -2.29. The van der Waals surface area contributed by atoms with Gasteiger partial charge in [-0.3, -0.25) is 0 Å². The summed E-state index contributed by atoms with van der Waals surface area (Å²) in [6.45, 7) is 1.33. The summed E-state index contributed by atoms with van der Waals surface area (Å²) >= 11 is 15.5. The Balaban J connectivity index is 2.10. The molecular weight excluding hydrogens is 486 g/mol. The third kappa shape index (κ3) is 3.50. The molecule has 3 heterocycles. The van der Waals surface area contributed by atoms with Crippen LogP contribution >= 0.6 is 39.1 Å². The normalized spacial score (nSPS) is 14.0. The van der Waals surface area contributed by atoms with Crippen LogP contribution in [-0.2, 0) is 13.0 Å². The Bertz CT molecular complexity index is 1150. The molecule has 1 aromatic carbocycles. The van der Waals surface area contributed by atoms with Crippen LogP contribution in [0.15, 0.2) is 10.5 Å². The standard InChI is InChI=1S/C18H16BrCl2FN6O/c1-27(2)18(29)28-16(9-7-23-5-3-4-11(9)26-28)15-8-6-10(20)12(19)13(22)14(8)24-17(21)25-15/h6,23H,3-5,7H2,1-2H3. The van der Waals surface area contributed by atoms with Crippen LogP contribution in [0.25, 0.3) is 22.3 Å². The summed E-state index contributed by atoms with van der Waals surface area (Å²) in [5.41, 5.74) is 2.40. The third-order valence-electron chi connectivity index (χ3n) is 4.72. The predicted octanol–water partition coefficient (Wildman–Crippen LogP) is 4.27. The summed E-state index contributed by atoms with van der Waals surface area (Å²) in [6.07, 6.45) is 1.60. The molecule has 1 N–H and O–H groups in total. The second kappa shape index (κ2) is 7.79. The number of halogens is 4. The van der Waals surface area contributed by atoms with Crippen molar-refractivity contribution in [2.45, 2.75) is 19.4 Å². The van der Waals surface area contributed by atoms with Crippen LogP contribution in [0.5, 0.6) is 0 Å². The molecule has 1 amide bonds. The number of amides is 1. The molecule has 11 heteroatoms. The van der Waals surface area contributed by atoms with Crippen LogP contribution in [0, 0.1) is 5.82 Å². The number of hydrogen-bond acceptors (Lipinski definition) is 5. The number of aromatic nitrogens is 4. The summed E-state index contributed by atoms with van der Waals surface area (Å²) in [5, 5.41) is 8.25. The highest BCUT2D eigenvalue weighted by Crippen LogP contribution is 2.38. The van der Waals surface area contributed by atoms with Gasteiger partial charge in [0.2, 0.25) is 5.28 Å². The van der Waals surface area contributed by atoms with E-state index in [1.54, 1.807) is 20.2 Å². The third-order valence-corrected chi connectivity index (χ3v) is 6.19. The largest absolute Gasteiger partial charge is 0.344 e. The molecule has 0 saturated heterocycles. The molecule has 7 nitrogen and oxygen atoms in total. The highest BCUT2D eigenvalue weighted by molar-refractivity contribution is 9.10. The lowest BCUT2D eigenvalue weighted by atomic mass is 10.0. The van der Waals surface area contributed by atoms with Crippen LogP contribution in [0.3, 0.4) is 0 Å². The molecule has 1 aliphatic rings. The number of rotatable bonds is 1. The molecule has 0 bridgehead atoms. The number of fused-ring (bicyclic) bond motifs is 2. The van der Waals surface area contributed by atoms with E-state index in [-0.39, 0.29) is 26.3 Å². The molecule has 29 heavy (non-hydrogen) atoms. The van der Waals surface area contributed by atoms with Gasteiger partial charge in [0.1, 0.15) is 16.9 Å². The van der Waals surface area contributed by atoms with Gasteiger partial charge < -0.3 is 10.2 Å². The smallest absolute Gasteiger partial charge is 0.329 e. The van der Waals surface area contributed by atoms with Crippen molar-refractivity contribution in [1.82, 2.24) is 30.0 Å². The summed E-state index contributed by atoms with van der Waals surface area (Å²) in [4.78, 5) is 22.7. The van der Waals surface area contributed by atoms with Gasteiger partial charge in [-0.05, 0) is 53.0 Å². The second-order valence-corrected chi connectivity index (χ2v) is 8.41. The van der Waals surface area contributed by atoms with E-state index < -0.39 is 5.82 Å². The Morgan fingerprint density at radius 2 is 2.10 bits per heavy atom. The first-order valence-electron chi connectivity index (χ1n) is 8.83. The van der Waals surface area contributed by atoms with Crippen molar-refractivity contribution in [3.8, 4) is 11.4 Å². The van der Waals surface area contributed by atoms with Crippen molar-refractivity contribution >= 4 is 56.1 Å². The number of carbonyl (C=O) groups excluding carboxylic acids is 1. The molecular formula is C18H16BrCl2FN6O. The minimum Gasteiger partial charge on any atom is -0.329 e. The Labute approximate surface area is 184 Å². The number of aryl methyl sites for hydroxylation is 1. The van der Waals surface area contributed by atoms with Gasteiger partial charge in [0.25, 0.3) is 0 Å². The monoisotopic (exact) mass is 500 g/mol. The highest BCUT2D eigenvalue weighted by atomic mass is 79.9. The molecule has 0 saturated carbocycles. The average molecular weight is 502 g/mol. The van der Waals surface area contributed by atoms with E-state index in [9.17, 15) is 9.18 Å². The van der Waals surface area contributed by atoms with Gasteiger partial charge in [0, 0.05) is 31.6 Å². The van der Waals surface area contributed by atoms with Gasteiger partial charge in [-0.15, -0.1) is 0 Å². The summed E-state index contributed by atoms with van der Waals surface area (Å²) in [6, 6.07) is 1.21. The topological polar surface area (TPSA) is 75.9 Å². The molecule has 3 aromatic rings. The van der Waals surface area contributed by atoms with E-state index in [1.165, 1.54) is 9.58 Å². The van der Waals surface area contributed by atoms with Crippen LogP contribution < -0.4 is 5.32 Å². The van der Waals surface area contributed by atoms with Gasteiger partial charge in [-0.1, -0.05) is 11.6 Å². The number of benzene rings is 1. The summed E-state index contributed by atoms with van der Waals surface area (Å²) < 4.78 is 16.2. The van der Waals surface area contributed by atoms with Crippen molar-refractivity contribution in [2.75, 3.05) is 20.6 Å². The maximum absolute atomic E-state index is 14.9. The van der Waals surface area contributed by atoms with E-state index in [0.29, 0.717) is 29.7 Å². The Morgan fingerprint density at radius 1 is 1.34 bits per heavy atom. The van der Waals surface area contributed by atoms with E-state index in [4.69, 9.17) is 23.2 Å². The van der Waals surface area contributed by atoms with Crippen LogP contribution in [0.2, 0.25) is 10.3 Å². The van der Waals surface area contributed by atoms with E-state index >= 15 is 0 Å². The SMILES string of the molecule is CN(C)C(=O)n1nc2c(c1-c1nc(Cl)nc3c(F)c(Br)c(Cl)cc13)CNCCC2. The second-order valence-electron chi connectivity index (χ2n) is 6.87. The quantitative estimate of drug-likeness (QED) is 0.398. The Hall–Kier alpha value is -1.81. The van der Waals surface area contributed by atoms with E-state index in [2.05, 4.69) is 36.3 Å². The van der Waals surface area contributed by atoms with Gasteiger partial charge in [0.05, 0.1) is 15.2 Å². The van der Waals surface area contributed by atoms with Gasteiger partial charge in [-0.2, -0.15) is 9.78 Å². The Morgan fingerprint density at radius 3 is 2.83 bits per heavy atom. The van der Waals surface area contributed by atoms with Crippen molar-refractivity contribution in [3.63, 3.8) is 0 Å². The van der Waals surface area contributed by atoms with Crippen molar-refractivity contribution in [2.24, 2.45) is 0 Å². The molecule has 0 atom stereocenters. The van der Waals surface area contributed by atoms with E-state index in [0.717, 1.165) is 24.2 Å². The molecule has 1 aliphatic heterocycles. The van der Waals surface area contributed by atoms with Gasteiger partial charge in [-0.25, -0.2) is 19.2 Å². The van der Waals surface area contributed by atoms with Gasteiger partial charge in [0.15, 0.2) is 5.82 Å². The fourth-order valence-electron chi connectivity index (χ4n) is 3.37. The molecule has 0 spiro atoms. The lowest BCUT2D eigenvalue weighted by molar-refractivity contribution is 0.216. The zero-order valence-corrected chi connectivity index (χ0v) is 18.7. The Kier molecular flexibility index (Phi) is 5.50. The van der Waals surface area contributed by atoms with Crippen molar-refractivity contribution in [3.05, 3.63) is 37.9 Å². The van der Waals surface area contributed by atoms with Crippen LogP contribution in [-0.4, -0.2) is 51.3 Å². The average Bonchev–Trinajstić information content (AvgIpc) is 2.87. The maximum atomic E-state index is 14.9. The number of nitrogens with zero attached hydrogens (tertiary/aromatic N) is 5. The molecule has 4 rings (SSSR count). The summed E-state index contributed by atoms with van der Waals surface area (Å²) in [5.74, 6) is -0.646. The lowest BCUT2D eigenvalue weighted by Gasteiger charge is -2.15. The van der Waals surface area contributed by atoms with Gasteiger partial charge >= 0.3 is 6.03 Å². The van der Waals surface area contributed by atoms with Crippen molar-refractivity contribution in [1.29, 1.82) is 0 Å². The number of carbonyl (C=O) groups is 1. The fraction of sp³-hybridized carbons (Fsp3) is 0.333. The van der Waals surface area contributed by atoms with Crippen LogP contribution in [0.4, 0.5) is 9.18 Å². The van der Waals surface area contributed by atoms with Crippen LogP contribution in [0.1, 0.15) is 17.7 Å². The minimum atomic E-state index is -0.646. The number of hydrogen-bond donors (Lipinski definition) is 1. The zero-order chi connectivity index (χ0) is 20.9.